The number of aromatic nitrogens is 1. The summed E-state index contributed by atoms with van der Waals surface area (Å²) in [6.07, 6.45) is 0. The molecule has 1 aromatic rings. The number of aromatic amines is 1. The second-order valence-corrected chi connectivity index (χ2v) is 4.21. The first-order valence-electron chi connectivity index (χ1n) is 6.06. The zero-order chi connectivity index (χ0) is 14.6. The Morgan fingerprint density at radius 2 is 1.95 bits per heavy atom. The molecule has 2 N–H and O–H groups in total. The Kier molecular flexibility index (Phi) is 4.86. The molecule has 0 spiro atoms. The normalized spacial score (nSPS) is 11.3. The van der Waals surface area contributed by atoms with Gasteiger partial charge in [-0.05, 0) is 33.3 Å². The van der Waals surface area contributed by atoms with Crippen LogP contribution in [0, 0.1) is 13.8 Å². The highest BCUT2D eigenvalue weighted by Gasteiger charge is 2.20. The van der Waals surface area contributed by atoms with Gasteiger partial charge in [0.15, 0.2) is 0 Å². The van der Waals surface area contributed by atoms with Gasteiger partial charge in [-0.3, -0.25) is 4.79 Å². The Balaban J connectivity index is 3.12. The summed E-state index contributed by atoms with van der Waals surface area (Å²) in [5, 5.41) is 3.95. The minimum Gasteiger partial charge on any atom is -0.462 e. The molecule has 0 aliphatic carbocycles. The molecule has 6 heteroatoms. The van der Waals surface area contributed by atoms with Gasteiger partial charge in [0.25, 0.3) is 0 Å². The van der Waals surface area contributed by atoms with Gasteiger partial charge >= 0.3 is 5.97 Å². The van der Waals surface area contributed by atoms with Crippen LogP contribution in [-0.2, 0) is 9.53 Å². The fourth-order valence-electron chi connectivity index (χ4n) is 1.84. The lowest BCUT2D eigenvalue weighted by molar-refractivity contribution is -0.118. The number of hydrazone groups is 1. The lowest BCUT2D eigenvalue weighted by Gasteiger charge is -2.03. The molecule has 104 valence electrons. The molecular formula is C13H19N3O3. The van der Waals surface area contributed by atoms with E-state index in [0.29, 0.717) is 23.6 Å². The highest BCUT2D eigenvalue weighted by Crippen LogP contribution is 2.19. The molecule has 0 fully saturated rings. The van der Waals surface area contributed by atoms with Crippen molar-refractivity contribution in [2.75, 3.05) is 6.61 Å². The number of nitrogens with one attached hydrogen (secondary N) is 2. The molecule has 0 bridgehead atoms. The fourth-order valence-corrected chi connectivity index (χ4v) is 1.84. The van der Waals surface area contributed by atoms with E-state index in [0.717, 1.165) is 11.3 Å². The van der Waals surface area contributed by atoms with Gasteiger partial charge in [-0.1, -0.05) is 0 Å². The van der Waals surface area contributed by atoms with Gasteiger partial charge in [0, 0.05) is 12.6 Å². The van der Waals surface area contributed by atoms with E-state index in [2.05, 4.69) is 15.5 Å². The van der Waals surface area contributed by atoms with E-state index >= 15 is 0 Å². The number of rotatable bonds is 4. The number of carbonyl (C=O) groups excluding carboxylic acids is 2. The number of hydrogen-bond acceptors (Lipinski definition) is 4. The molecule has 0 atom stereocenters. The summed E-state index contributed by atoms with van der Waals surface area (Å²) in [7, 11) is 0. The van der Waals surface area contributed by atoms with Crippen LogP contribution in [0.25, 0.3) is 0 Å². The summed E-state index contributed by atoms with van der Waals surface area (Å²) in [4.78, 5) is 25.8. The molecule has 0 saturated heterocycles. The first-order chi connectivity index (χ1) is 8.88. The van der Waals surface area contributed by atoms with E-state index in [4.69, 9.17) is 4.74 Å². The molecule has 0 aliphatic rings. The van der Waals surface area contributed by atoms with Gasteiger partial charge in [0.2, 0.25) is 5.91 Å². The number of carbonyl (C=O) groups is 2. The SMILES string of the molecule is CCOC(=O)c1c(C)[nH]c(/C(C)=N/NC(C)=O)c1C. The van der Waals surface area contributed by atoms with Crippen LogP contribution in [0.15, 0.2) is 5.10 Å². The molecule has 0 radical (unpaired) electrons. The van der Waals surface area contributed by atoms with Crippen LogP contribution in [0.3, 0.4) is 0 Å². The fraction of sp³-hybridized carbons (Fsp3) is 0.462. The quantitative estimate of drug-likeness (QED) is 0.493. The Hall–Kier alpha value is -2.11. The van der Waals surface area contributed by atoms with Crippen molar-refractivity contribution in [3.05, 3.63) is 22.5 Å². The third-order valence-electron chi connectivity index (χ3n) is 2.66. The minimum absolute atomic E-state index is 0.245. The molecule has 0 aromatic carbocycles. The molecule has 19 heavy (non-hydrogen) atoms. The van der Waals surface area contributed by atoms with Gasteiger partial charge in [-0.15, -0.1) is 0 Å². The van der Waals surface area contributed by atoms with Crippen LogP contribution in [0.2, 0.25) is 0 Å². The average Bonchev–Trinajstić information content (AvgIpc) is 2.62. The molecule has 0 saturated carbocycles. The van der Waals surface area contributed by atoms with Crippen molar-refractivity contribution in [1.29, 1.82) is 0 Å². The lowest BCUT2D eigenvalue weighted by Crippen LogP contribution is -2.15. The standard InChI is InChI=1S/C13H19N3O3/c1-6-19-13(18)11-7(2)12(14-8(11)3)9(4)15-16-10(5)17/h14H,6H2,1-5H3,(H,16,17)/b15-9+. The monoisotopic (exact) mass is 265 g/mol. The van der Waals surface area contributed by atoms with Crippen LogP contribution in [0.5, 0.6) is 0 Å². The van der Waals surface area contributed by atoms with Gasteiger partial charge in [0.05, 0.1) is 23.6 Å². The van der Waals surface area contributed by atoms with Gasteiger partial charge in [0.1, 0.15) is 0 Å². The third kappa shape index (κ3) is 3.43. The lowest BCUT2D eigenvalue weighted by atomic mass is 10.1. The molecule has 6 nitrogen and oxygen atoms in total. The summed E-state index contributed by atoms with van der Waals surface area (Å²) >= 11 is 0. The summed E-state index contributed by atoms with van der Waals surface area (Å²) < 4.78 is 5.01. The van der Waals surface area contributed by atoms with Crippen molar-refractivity contribution in [3.8, 4) is 0 Å². The third-order valence-corrected chi connectivity index (χ3v) is 2.66. The number of ether oxygens (including phenoxy) is 1. The molecular weight excluding hydrogens is 246 g/mol. The zero-order valence-corrected chi connectivity index (χ0v) is 11.9. The van der Waals surface area contributed by atoms with Gasteiger partial charge in [-0.2, -0.15) is 5.10 Å². The molecule has 1 amide bonds. The maximum atomic E-state index is 11.8. The maximum Gasteiger partial charge on any atom is 0.340 e. The van der Waals surface area contributed by atoms with Crippen molar-refractivity contribution in [2.24, 2.45) is 5.10 Å². The van der Waals surface area contributed by atoms with Gasteiger partial charge < -0.3 is 9.72 Å². The van der Waals surface area contributed by atoms with Crippen molar-refractivity contribution < 1.29 is 14.3 Å². The van der Waals surface area contributed by atoms with Crippen LogP contribution in [0.4, 0.5) is 0 Å². The molecule has 1 heterocycles. The van der Waals surface area contributed by atoms with E-state index in [1.54, 1.807) is 20.8 Å². The van der Waals surface area contributed by atoms with Crippen molar-refractivity contribution in [2.45, 2.75) is 34.6 Å². The largest absolute Gasteiger partial charge is 0.462 e. The number of H-pyrrole nitrogens is 1. The Morgan fingerprint density at radius 1 is 1.32 bits per heavy atom. The minimum atomic E-state index is -0.354. The highest BCUT2D eigenvalue weighted by molar-refractivity contribution is 6.03. The first kappa shape index (κ1) is 14.9. The summed E-state index contributed by atoms with van der Waals surface area (Å²) in [6.45, 7) is 8.85. The topological polar surface area (TPSA) is 83.6 Å². The zero-order valence-electron chi connectivity index (χ0n) is 11.9. The van der Waals surface area contributed by atoms with Gasteiger partial charge in [-0.25, -0.2) is 10.2 Å². The maximum absolute atomic E-state index is 11.8. The molecule has 0 unspecified atom stereocenters. The second kappa shape index (κ2) is 6.17. The van der Waals surface area contributed by atoms with E-state index in [1.165, 1.54) is 6.92 Å². The van der Waals surface area contributed by atoms with E-state index in [-0.39, 0.29) is 11.9 Å². The number of hydrogen-bond donors (Lipinski definition) is 2. The molecule has 1 rings (SSSR count). The van der Waals surface area contributed by atoms with E-state index in [9.17, 15) is 9.59 Å². The molecule has 0 aliphatic heterocycles. The van der Waals surface area contributed by atoms with Crippen LogP contribution in [0.1, 0.15) is 48.1 Å². The molecule has 1 aromatic heterocycles. The Bertz CT molecular complexity index is 529. The van der Waals surface area contributed by atoms with E-state index in [1.807, 2.05) is 6.92 Å². The van der Waals surface area contributed by atoms with Crippen molar-refractivity contribution in [3.63, 3.8) is 0 Å². The number of nitrogens with zero attached hydrogens (tertiary/aromatic N) is 1. The van der Waals surface area contributed by atoms with Crippen LogP contribution in [-0.4, -0.2) is 29.2 Å². The average molecular weight is 265 g/mol. The smallest absolute Gasteiger partial charge is 0.340 e. The van der Waals surface area contributed by atoms with Crippen LogP contribution < -0.4 is 5.43 Å². The predicted molar refractivity (Wildman–Crippen MR) is 72.3 cm³/mol. The van der Waals surface area contributed by atoms with Crippen molar-refractivity contribution in [1.82, 2.24) is 10.4 Å². The Labute approximate surface area is 112 Å². The number of aryl methyl sites for hydroxylation is 1. The Morgan fingerprint density at radius 3 is 2.47 bits per heavy atom. The van der Waals surface area contributed by atoms with Crippen LogP contribution >= 0.6 is 0 Å². The summed E-state index contributed by atoms with van der Waals surface area (Å²) in [5.74, 6) is -0.599. The second-order valence-electron chi connectivity index (χ2n) is 4.21. The van der Waals surface area contributed by atoms with E-state index < -0.39 is 0 Å². The first-order valence-corrected chi connectivity index (χ1v) is 6.06. The summed E-state index contributed by atoms with van der Waals surface area (Å²) in [5.41, 5.74) is 5.70. The summed E-state index contributed by atoms with van der Waals surface area (Å²) in [6, 6.07) is 0. The highest BCUT2D eigenvalue weighted by atomic mass is 16.5. The predicted octanol–water partition coefficient (Wildman–Crippen LogP) is 1.67. The number of amides is 1. The van der Waals surface area contributed by atoms with Crippen molar-refractivity contribution >= 4 is 17.6 Å². The number of esters is 1.